The zero-order valence-electron chi connectivity index (χ0n) is 13.4. The van der Waals surface area contributed by atoms with Crippen LogP contribution in [0.1, 0.15) is 22.8 Å². The van der Waals surface area contributed by atoms with Gasteiger partial charge < -0.3 is 4.52 Å². The normalized spacial score (nSPS) is 11.8. The van der Waals surface area contributed by atoms with Crippen molar-refractivity contribution in [3.63, 3.8) is 0 Å². The van der Waals surface area contributed by atoms with E-state index in [1.54, 1.807) is 31.5 Å². The molecule has 3 heterocycles. The third-order valence-electron chi connectivity index (χ3n) is 3.40. The van der Waals surface area contributed by atoms with Crippen LogP contribution in [0.3, 0.4) is 0 Å². The number of thiophene rings is 1. The molecule has 0 saturated heterocycles. The molecule has 0 spiro atoms. The average Bonchev–Trinajstić information content (AvgIpc) is 3.14. The number of sulfonamides is 1. The van der Waals surface area contributed by atoms with E-state index < -0.39 is 10.0 Å². The molecule has 0 aliphatic rings. The van der Waals surface area contributed by atoms with Gasteiger partial charge in [-0.2, -0.15) is 0 Å². The first kappa shape index (κ1) is 16.7. The summed E-state index contributed by atoms with van der Waals surface area (Å²) in [6.45, 7) is 5.54. The van der Waals surface area contributed by atoms with Crippen molar-refractivity contribution in [1.29, 1.82) is 0 Å². The molecule has 0 aromatic carbocycles. The first-order chi connectivity index (χ1) is 11.4. The molecule has 3 aromatic rings. The van der Waals surface area contributed by atoms with Crippen molar-refractivity contribution in [3.8, 4) is 10.4 Å². The van der Waals surface area contributed by atoms with Crippen molar-refractivity contribution in [2.45, 2.75) is 31.5 Å². The van der Waals surface area contributed by atoms with Crippen molar-refractivity contribution in [2.24, 2.45) is 0 Å². The lowest BCUT2D eigenvalue weighted by Gasteiger charge is -2.04. The molecule has 0 saturated carbocycles. The van der Waals surface area contributed by atoms with E-state index in [1.165, 1.54) is 11.3 Å². The molecule has 1 N–H and O–H groups in total. The summed E-state index contributed by atoms with van der Waals surface area (Å²) in [4.78, 5) is 9.04. The Labute approximate surface area is 143 Å². The molecule has 3 rings (SSSR count). The average molecular weight is 364 g/mol. The molecule has 0 bridgehead atoms. The Kier molecular flexibility index (Phi) is 4.48. The molecule has 0 aliphatic heterocycles. The van der Waals surface area contributed by atoms with E-state index in [-0.39, 0.29) is 10.8 Å². The number of hydrogen-bond acceptors (Lipinski definition) is 7. The summed E-state index contributed by atoms with van der Waals surface area (Å²) in [6.07, 6.45) is 3.16. The van der Waals surface area contributed by atoms with Gasteiger partial charge in [-0.05, 0) is 32.9 Å². The van der Waals surface area contributed by atoms with E-state index in [9.17, 15) is 8.42 Å². The molecule has 126 valence electrons. The molecule has 24 heavy (non-hydrogen) atoms. The standard InChI is InChI=1S/C15H16N4O3S2/c1-9-6-17-12(7-16-9)8-18-24(20,21)14-5-4-13(23-14)15-10(2)19-22-11(15)3/h4-7,18H,8H2,1-3H3. The molecule has 0 radical (unpaired) electrons. The highest BCUT2D eigenvalue weighted by molar-refractivity contribution is 7.91. The van der Waals surface area contributed by atoms with E-state index >= 15 is 0 Å². The van der Waals surface area contributed by atoms with Crippen LogP contribution in [0.4, 0.5) is 0 Å². The number of aromatic nitrogens is 3. The van der Waals surface area contributed by atoms with Crippen molar-refractivity contribution < 1.29 is 12.9 Å². The van der Waals surface area contributed by atoms with E-state index in [0.717, 1.165) is 21.8 Å². The Morgan fingerprint density at radius 3 is 2.58 bits per heavy atom. The van der Waals surface area contributed by atoms with Crippen LogP contribution in [0, 0.1) is 20.8 Å². The zero-order valence-corrected chi connectivity index (χ0v) is 15.0. The Morgan fingerprint density at radius 1 is 1.17 bits per heavy atom. The van der Waals surface area contributed by atoms with Crippen molar-refractivity contribution in [1.82, 2.24) is 19.8 Å². The maximum Gasteiger partial charge on any atom is 0.250 e. The second kappa shape index (κ2) is 6.42. The van der Waals surface area contributed by atoms with E-state index in [2.05, 4.69) is 19.8 Å². The van der Waals surface area contributed by atoms with Gasteiger partial charge >= 0.3 is 0 Å². The minimum Gasteiger partial charge on any atom is -0.361 e. The Bertz CT molecular complexity index is 940. The molecule has 0 unspecified atom stereocenters. The minimum atomic E-state index is -3.61. The lowest BCUT2D eigenvalue weighted by Crippen LogP contribution is -2.23. The maximum absolute atomic E-state index is 12.4. The van der Waals surface area contributed by atoms with Crippen molar-refractivity contribution in [2.75, 3.05) is 0 Å². The Morgan fingerprint density at radius 2 is 1.96 bits per heavy atom. The smallest absolute Gasteiger partial charge is 0.250 e. The van der Waals surface area contributed by atoms with Gasteiger partial charge in [-0.3, -0.25) is 9.97 Å². The topological polar surface area (TPSA) is 98.0 Å². The summed E-state index contributed by atoms with van der Waals surface area (Å²) in [6, 6.07) is 3.34. The van der Waals surface area contributed by atoms with E-state index in [0.29, 0.717) is 11.5 Å². The van der Waals surface area contributed by atoms with Gasteiger partial charge in [0.1, 0.15) is 9.97 Å². The highest BCUT2D eigenvalue weighted by atomic mass is 32.2. The number of nitrogens with one attached hydrogen (secondary N) is 1. The fraction of sp³-hybridized carbons (Fsp3) is 0.267. The van der Waals surface area contributed by atoms with Crippen LogP contribution >= 0.6 is 11.3 Å². The summed E-state index contributed by atoms with van der Waals surface area (Å²) in [7, 11) is -3.61. The molecular formula is C15H16N4O3S2. The fourth-order valence-electron chi connectivity index (χ4n) is 2.18. The maximum atomic E-state index is 12.4. The van der Waals surface area contributed by atoms with Gasteiger partial charge in [0.15, 0.2) is 0 Å². The fourth-order valence-corrected chi connectivity index (χ4v) is 4.68. The molecule has 0 atom stereocenters. The van der Waals surface area contributed by atoms with Crippen molar-refractivity contribution in [3.05, 3.63) is 47.4 Å². The lowest BCUT2D eigenvalue weighted by molar-refractivity contribution is 0.393. The molecule has 7 nitrogen and oxygen atoms in total. The molecule has 0 fully saturated rings. The van der Waals surface area contributed by atoms with Crippen LogP contribution < -0.4 is 4.72 Å². The number of aryl methyl sites for hydroxylation is 3. The summed E-state index contributed by atoms with van der Waals surface area (Å²) in [5.74, 6) is 0.668. The van der Waals surface area contributed by atoms with E-state index in [4.69, 9.17) is 4.52 Å². The predicted octanol–water partition coefficient (Wildman–Crippen LogP) is 2.60. The quantitative estimate of drug-likeness (QED) is 0.747. The Hall–Kier alpha value is -2.10. The summed E-state index contributed by atoms with van der Waals surface area (Å²) >= 11 is 1.18. The zero-order chi connectivity index (χ0) is 17.3. The number of hydrogen-bond donors (Lipinski definition) is 1. The molecule has 0 aliphatic carbocycles. The first-order valence-corrected chi connectivity index (χ1v) is 9.47. The molecule has 9 heteroatoms. The summed E-state index contributed by atoms with van der Waals surface area (Å²) in [5, 5.41) is 3.90. The van der Waals surface area contributed by atoms with Gasteiger partial charge in [-0.15, -0.1) is 11.3 Å². The van der Waals surface area contributed by atoms with Crippen LogP contribution in [0.2, 0.25) is 0 Å². The monoisotopic (exact) mass is 364 g/mol. The van der Waals surface area contributed by atoms with Gasteiger partial charge in [0.2, 0.25) is 10.0 Å². The van der Waals surface area contributed by atoms with Crippen molar-refractivity contribution >= 4 is 21.4 Å². The van der Waals surface area contributed by atoms with E-state index in [1.807, 2.05) is 13.8 Å². The largest absolute Gasteiger partial charge is 0.361 e. The second-order valence-corrected chi connectivity index (χ2v) is 8.37. The number of rotatable bonds is 5. The van der Waals surface area contributed by atoms with Crippen LogP contribution in [0.5, 0.6) is 0 Å². The van der Waals surface area contributed by atoms with Gasteiger partial charge in [0.25, 0.3) is 0 Å². The van der Waals surface area contributed by atoms with Gasteiger partial charge in [-0.25, -0.2) is 13.1 Å². The lowest BCUT2D eigenvalue weighted by atomic mass is 10.2. The predicted molar refractivity (Wildman–Crippen MR) is 90.1 cm³/mol. The van der Waals surface area contributed by atoms with Gasteiger partial charge in [0, 0.05) is 11.1 Å². The van der Waals surface area contributed by atoms with Crippen LogP contribution in [0.15, 0.2) is 33.3 Å². The Balaban J connectivity index is 1.79. The highest BCUT2D eigenvalue weighted by Gasteiger charge is 2.20. The second-order valence-electron chi connectivity index (χ2n) is 5.29. The SMILES string of the molecule is Cc1cnc(CNS(=O)(=O)c2ccc(-c3c(C)noc3C)s2)cn1. The molecule has 0 amide bonds. The highest BCUT2D eigenvalue weighted by Crippen LogP contribution is 2.34. The van der Waals surface area contributed by atoms with Crippen LogP contribution in [0.25, 0.3) is 10.4 Å². The van der Waals surface area contributed by atoms with Gasteiger partial charge in [-0.1, -0.05) is 5.16 Å². The molecular weight excluding hydrogens is 348 g/mol. The summed E-state index contributed by atoms with van der Waals surface area (Å²) < 4.78 is 32.8. The van der Waals surface area contributed by atoms with Gasteiger partial charge in [0.05, 0.1) is 35.4 Å². The first-order valence-electron chi connectivity index (χ1n) is 7.17. The van der Waals surface area contributed by atoms with Crippen LogP contribution in [-0.4, -0.2) is 23.5 Å². The third-order valence-corrected chi connectivity index (χ3v) is 6.40. The minimum absolute atomic E-state index is 0.0914. The number of nitrogens with zero attached hydrogens (tertiary/aromatic N) is 3. The van der Waals surface area contributed by atoms with Crippen LogP contribution in [-0.2, 0) is 16.6 Å². The summed E-state index contributed by atoms with van der Waals surface area (Å²) in [5.41, 5.74) is 2.92. The third kappa shape index (κ3) is 3.37. The molecule has 3 aromatic heterocycles.